The van der Waals surface area contributed by atoms with Gasteiger partial charge in [0, 0.05) is 22.9 Å². The van der Waals surface area contributed by atoms with Gasteiger partial charge < -0.3 is 4.98 Å². The molecule has 0 atom stereocenters. The Bertz CT molecular complexity index is 1030. The van der Waals surface area contributed by atoms with Crippen LogP contribution < -0.4 is 0 Å². The number of nitrogens with one attached hydrogen (secondary N) is 2. The first-order valence-electron chi connectivity index (χ1n) is 7.94. The van der Waals surface area contributed by atoms with E-state index in [-0.39, 0.29) is 5.82 Å². The smallest absolute Gasteiger partial charge is 0.126 e. The fourth-order valence-corrected chi connectivity index (χ4v) is 2.90. The Morgan fingerprint density at radius 3 is 2.71 bits per heavy atom. The molecule has 4 nitrogen and oxygen atoms in total. The van der Waals surface area contributed by atoms with E-state index in [4.69, 9.17) is 4.98 Å². The van der Waals surface area contributed by atoms with Crippen LogP contribution in [0.4, 0.5) is 4.39 Å². The fraction of sp³-hybridized carbons (Fsp3) is 0.158. The predicted octanol–water partition coefficient (Wildman–Crippen LogP) is 4.63. The summed E-state index contributed by atoms with van der Waals surface area (Å²) < 4.78 is 13.6. The van der Waals surface area contributed by atoms with Crippen molar-refractivity contribution in [3.8, 4) is 22.5 Å². The molecule has 4 rings (SSSR count). The molecule has 0 fully saturated rings. The van der Waals surface area contributed by atoms with E-state index in [1.165, 1.54) is 6.07 Å². The molecule has 24 heavy (non-hydrogen) atoms. The lowest BCUT2D eigenvalue weighted by Gasteiger charge is -2.05. The zero-order valence-electron chi connectivity index (χ0n) is 13.5. The minimum absolute atomic E-state index is 0.202. The molecule has 0 saturated carbocycles. The maximum Gasteiger partial charge on any atom is 0.126 e. The Labute approximate surface area is 138 Å². The van der Waals surface area contributed by atoms with E-state index in [9.17, 15) is 4.39 Å². The van der Waals surface area contributed by atoms with Crippen LogP contribution in [0.25, 0.3) is 33.4 Å². The first-order chi connectivity index (χ1) is 11.7. The van der Waals surface area contributed by atoms with Crippen LogP contribution in [0.2, 0.25) is 0 Å². The van der Waals surface area contributed by atoms with Gasteiger partial charge >= 0.3 is 0 Å². The molecule has 0 unspecified atom stereocenters. The molecule has 0 radical (unpaired) electrons. The third kappa shape index (κ3) is 2.38. The van der Waals surface area contributed by atoms with Crippen molar-refractivity contribution < 1.29 is 4.39 Å². The van der Waals surface area contributed by atoms with Gasteiger partial charge in [0.05, 0.1) is 23.1 Å². The lowest BCUT2D eigenvalue weighted by Crippen LogP contribution is -1.87. The molecule has 2 N–H and O–H groups in total. The van der Waals surface area contributed by atoms with E-state index in [0.717, 1.165) is 45.7 Å². The molecule has 0 saturated heterocycles. The van der Waals surface area contributed by atoms with Crippen LogP contribution in [0.1, 0.15) is 18.3 Å². The third-order valence-corrected chi connectivity index (χ3v) is 4.25. The number of hydrogen-bond donors (Lipinski definition) is 2. The lowest BCUT2D eigenvalue weighted by molar-refractivity contribution is 0.619. The van der Waals surface area contributed by atoms with Crippen molar-refractivity contribution in [3.63, 3.8) is 0 Å². The van der Waals surface area contributed by atoms with Crippen molar-refractivity contribution >= 4 is 10.9 Å². The normalized spacial score (nSPS) is 11.3. The number of aromatic nitrogens is 4. The second-order valence-corrected chi connectivity index (χ2v) is 5.90. The van der Waals surface area contributed by atoms with Crippen LogP contribution in [-0.4, -0.2) is 20.2 Å². The van der Waals surface area contributed by atoms with Crippen molar-refractivity contribution in [1.82, 2.24) is 20.2 Å². The molecular weight excluding hydrogens is 303 g/mol. The zero-order valence-corrected chi connectivity index (χ0v) is 13.5. The molecule has 4 aromatic rings. The van der Waals surface area contributed by atoms with Gasteiger partial charge in [0.15, 0.2) is 0 Å². The van der Waals surface area contributed by atoms with E-state index in [2.05, 4.69) is 28.2 Å². The minimum atomic E-state index is -0.202. The summed E-state index contributed by atoms with van der Waals surface area (Å²) in [5.74, 6) is 0.709. The molecule has 0 spiro atoms. The van der Waals surface area contributed by atoms with Crippen molar-refractivity contribution in [3.05, 3.63) is 59.8 Å². The molecule has 2 aromatic heterocycles. The highest BCUT2D eigenvalue weighted by Gasteiger charge is 2.15. The maximum atomic E-state index is 13.6. The second-order valence-electron chi connectivity index (χ2n) is 5.90. The summed E-state index contributed by atoms with van der Waals surface area (Å²) >= 11 is 0. The zero-order chi connectivity index (χ0) is 16.7. The number of fused-ring (bicyclic) bond motifs is 1. The van der Waals surface area contributed by atoms with Gasteiger partial charge in [-0.15, -0.1) is 0 Å². The molecule has 2 heterocycles. The van der Waals surface area contributed by atoms with Gasteiger partial charge in [-0.2, -0.15) is 5.10 Å². The lowest BCUT2D eigenvalue weighted by atomic mass is 10.0. The van der Waals surface area contributed by atoms with E-state index in [1.807, 2.05) is 18.2 Å². The standard InChI is InChI=1S/C19H17FN4/c1-3-17-22-18(12-4-6-15(20)11(2)8-12)19(23-17)13-5-7-16-14(9-13)10-21-24-16/h4-10H,3H2,1-2H3,(H,21,24)(H,22,23). The highest BCUT2D eigenvalue weighted by Crippen LogP contribution is 2.32. The molecule has 5 heteroatoms. The van der Waals surface area contributed by atoms with Gasteiger partial charge in [0.2, 0.25) is 0 Å². The van der Waals surface area contributed by atoms with Crippen molar-refractivity contribution in [2.45, 2.75) is 20.3 Å². The summed E-state index contributed by atoms with van der Waals surface area (Å²) in [6.07, 6.45) is 2.61. The first-order valence-corrected chi connectivity index (χ1v) is 7.94. The Kier molecular flexibility index (Phi) is 3.41. The average molecular weight is 320 g/mol. The van der Waals surface area contributed by atoms with Crippen LogP contribution in [0.15, 0.2) is 42.6 Å². The van der Waals surface area contributed by atoms with E-state index in [0.29, 0.717) is 5.56 Å². The van der Waals surface area contributed by atoms with Gasteiger partial charge in [0.25, 0.3) is 0 Å². The Hall–Kier alpha value is -2.95. The Morgan fingerprint density at radius 1 is 1.08 bits per heavy atom. The quantitative estimate of drug-likeness (QED) is 0.578. The van der Waals surface area contributed by atoms with Crippen molar-refractivity contribution in [2.24, 2.45) is 0 Å². The number of halogens is 1. The van der Waals surface area contributed by atoms with Gasteiger partial charge in [0.1, 0.15) is 11.6 Å². The number of hydrogen-bond acceptors (Lipinski definition) is 2. The number of aromatic amines is 2. The Morgan fingerprint density at radius 2 is 1.92 bits per heavy atom. The van der Waals surface area contributed by atoms with Crippen LogP contribution in [-0.2, 0) is 6.42 Å². The SMILES string of the molecule is CCc1nc(-c2ccc(F)c(C)c2)c(-c2ccc3[nH]ncc3c2)[nH]1. The second kappa shape index (κ2) is 5.60. The molecule has 0 amide bonds. The van der Waals surface area contributed by atoms with Gasteiger partial charge in [-0.25, -0.2) is 9.37 Å². The summed E-state index contributed by atoms with van der Waals surface area (Å²) in [7, 11) is 0. The molecule has 120 valence electrons. The highest BCUT2D eigenvalue weighted by molar-refractivity contribution is 5.87. The number of benzene rings is 2. The summed E-state index contributed by atoms with van der Waals surface area (Å²) in [5, 5.41) is 8.07. The maximum absolute atomic E-state index is 13.6. The van der Waals surface area contributed by atoms with Crippen LogP contribution in [0.5, 0.6) is 0 Å². The van der Waals surface area contributed by atoms with E-state index >= 15 is 0 Å². The van der Waals surface area contributed by atoms with Crippen molar-refractivity contribution in [2.75, 3.05) is 0 Å². The average Bonchev–Trinajstić information content (AvgIpc) is 3.22. The number of H-pyrrole nitrogens is 2. The molecule has 0 bridgehead atoms. The first kappa shape index (κ1) is 14.6. The predicted molar refractivity (Wildman–Crippen MR) is 93.2 cm³/mol. The van der Waals surface area contributed by atoms with E-state index in [1.54, 1.807) is 19.2 Å². The summed E-state index contributed by atoms with van der Waals surface area (Å²) in [4.78, 5) is 8.11. The minimum Gasteiger partial charge on any atom is -0.341 e. The topological polar surface area (TPSA) is 57.4 Å². The van der Waals surface area contributed by atoms with Gasteiger partial charge in [-0.05, 0) is 42.8 Å². The summed E-state index contributed by atoms with van der Waals surface area (Å²) in [5.41, 5.74) is 5.34. The third-order valence-electron chi connectivity index (χ3n) is 4.25. The van der Waals surface area contributed by atoms with Crippen LogP contribution >= 0.6 is 0 Å². The largest absolute Gasteiger partial charge is 0.341 e. The van der Waals surface area contributed by atoms with E-state index < -0.39 is 0 Å². The van der Waals surface area contributed by atoms with Crippen LogP contribution in [0, 0.1) is 12.7 Å². The number of nitrogens with zero attached hydrogens (tertiary/aromatic N) is 2. The monoisotopic (exact) mass is 320 g/mol. The molecular formula is C19H17FN4. The van der Waals surface area contributed by atoms with Gasteiger partial charge in [-0.1, -0.05) is 13.0 Å². The Balaban J connectivity index is 1.91. The molecule has 0 aliphatic rings. The highest BCUT2D eigenvalue weighted by atomic mass is 19.1. The van der Waals surface area contributed by atoms with Crippen LogP contribution in [0.3, 0.4) is 0 Å². The van der Waals surface area contributed by atoms with Gasteiger partial charge in [-0.3, -0.25) is 5.10 Å². The van der Waals surface area contributed by atoms with Crippen molar-refractivity contribution in [1.29, 1.82) is 0 Å². The number of rotatable bonds is 3. The fourth-order valence-electron chi connectivity index (χ4n) is 2.90. The summed E-state index contributed by atoms with van der Waals surface area (Å²) in [6, 6.07) is 11.2. The number of imidazole rings is 1. The molecule has 2 aromatic carbocycles. The summed E-state index contributed by atoms with van der Waals surface area (Å²) in [6.45, 7) is 3.82. The number of aryl methyl sites for hydroxylation is 2. The molecule has 0 aliphatic heterocycles. The molecule has 0 aliphatic carbocycles.